The van der Waals surface area contributed by atoms with E-state index in [1.165, 1.54) is 11.8 Å². The Hall–Kier alpha value is -2.12. The quantitative estimate of drug-likeness (QED) is 0.701. The fourth-order valence-corrected chi connectivity index (χ4v) is 2.35. The van der Waals surface area contributed by atoms with Crippen molar-refractivity contribution >= 4 is 23.4 Å². The number of hydrogen-bond acceptors (Lipinski definition) is 6. The minimum atomic E-state index is 0.0346. The summed E-state index contributed by atoms with van der Waals surface area (Å²) in [6.07, 6.45) is 1.93. The van der Waals surface area contributed by atoms with Crippen LogP contribution in [0.1, 0.15) is 0 Å². The Morgan fingerprint density at radius 1 is 1.24 bits per heavy atom. The maximum Gasteiger partial charge on any atom is 0.228 e. The molecule has 2 aromatic heterocycles. The van der Waals surface area contributed by atoms with Gasteiger partial charge in [0, 0.05) is 18.2 Å². The van der Waals surface area contributed by atoms with Crippen LogP contribution in [0.2, 0.25) is 0 Å². The molecule has 3 aromatic rings. The van der Waals surface area contributed by atoms with Gasteiger partial charge < -0.3 is 10.4 Å². The Balaban J connectivity index is 2.10. The van der Waals surface area contributed by atoms with E-state index >= 15 is 0 Å². The first-order valence-corrected chi connectivity index (χ1v) is 7.76. The molecule has 0 saturated carbocycles. The van der Waals surface area contributed by atoms with Crippen molar-refractivity contribution in [3.63, 3.8) is 0 Å². The fourth-order valence-electron chi connectivity index (χ4n) is 1.99. The predicted octanol–water partition coefficient (Wildman–Crippen LogP) is 1.92. The first-order chi connectivity index (χ1) is 10.3. The summed E-state index contributed by atoms with van der Waals surface area (Å²) in [7, 11) is 0. The summed E-state index contributed by atoms with van der Waals surface area (Å²) in [5.74, 6) is 0.584. The summed E-state index contributed by atoms with van der Waals surface area (Å²) in [4.78, 5) is 8.85. The molecule has 7 heteroatoms. The van der Waals surface area contributed by atoms with Crippen LogP contribution in [0.15, 0.2) is 41.6 Å². The van der Waals surface area contributed by atoms with Gasteiger partial charge >= 0.3 is 0 Å². The summed E-state index contributed by atoms with van der Waals surface area (Å²) < 4.78 is 1.66. The second-order valence-electron chi connectivity index (χ2n) is 4.35. The van der Waals surface area contributed by atoms with Crippen LogP contribution in [0.25, 0.3) is 16.9 Å². The molecule has 0 aliphatic rings. The predicted molar refractivity (Wildman–Crippen MR) is 83.6 cm³/mol. The molecule has 0 atom stereocenters. The highest BCUT2D eigenvalue weighted by Gasteiger charge is 2.11. The highest BCUT2D eigenvalue weighted by atomic mass is 32.2. The van der Waals surface area contributed by atoms with E-state index in [1.54, 1.807) is 4.52 Å². The minimum Gasteiger partial charge on any atom is -0.395 e. The van der Waals surface area contributed by atoms with E-state index in [4.69, 9.17) is 5.11 Å². The lowest BCUT2D eigenvalue weighted by Gasteiger charge is -2.06. The first kappa shape index (κ1) is 13.8. The molecular formula is C14H15N5OS. The zero-order valence-corrected chi connectivity index (χ0v) is 12.3. The van der Waals surface area contributed by atoms with E-state index in [0.717, 1.165) is 16.9 Å². The van der Waals surface area contributed by atoms with E-state index in [0.29, 0.717) is 17.6 Å². The van der Waals surface area contributed by atoms with Gasteiger partial charge in [0.25, 0.3) is 0 Å². The van der Waals surface area contributed by atoms with E-state index in [-0.39, 0.29) is 6.61 Å². The Kier molecular flexibility index (Phi) is 4.03. The Bertz CT molecular complexity index is 744. The molecular weight excluding hydrogens is 286 g/mol. The molecule has 0 saturated heterocycles. The number of aliphatic hydroxyl groups is 1. The van der Waals surface area contributed by atoms with E-state index in [2.05, 4.69) is 20.4 Å². The van der Waals surface area contributed by atoms with E-state index in [9.17, 15) is 0 Å². The van der Waals surface area contributed by atoms with Crippen LogP contribution < -0.4 is 5.32 Å². The van der Waals surface area contributed by atoms with Gasteiger partial charge in [-0.15, -0.1) is 0 Å². The Morgan fingerprint density at radius 2 is 2.05 bits per heavy atom. The largest absolute Gasteiger partial charge is 0.395 e. The first-order valence-electron chi connectivity index (χ1n) is 6.54. The van der Waals surface area contributed by atoms with Gasteiger partial charge in [0.2, 0.25) is 5.95 Å². The topological polar surface area (TPSA) is 75.3 Å². The third kappa shape index (κ3) is 2.84. The number of anilines is 1. The van der Waals surface area contributed by atoms with E-state index in [1.807, 2.05) is 42.7 Å². The normalized spacial score (nSPS) is 11.0. The highest BCUT2D eigenvalue weighted by molar-refractivity contribution is 7.98. The average molecular weight is 301 g/mol. The zero-order chi connectivity index (χ0) is 14.7. The van der Waals surface area contributed by atoms with Crippen LogP contribution in [0.4, 0.5) is 5.95 Å². The molecule has 108 valence electrons. The number of nitrogens with one attached hydrogen (secondary N) is 1. The molecule has 0 amide bonds. The molecule has 0 radical (unpaired) electrons. The number of nitrogens with zero attached hydrogens (tertiary/aromatic N) is 4. The van der Waals surface area contributed by atoms with Gasteiger partial charge in [-0.3, -0.25) is 0 Å². The second-order valence-corrected chi connectivity index (χ2v) is 5.12. The van der Waals surface area contributed by atoms with Gasteiger partial charge in [-0.05, 0) is 6.26 Å². The van der Waals surface area contributed by atoms with Crippen LogP contribution in [-0.2, 0) is 0 Å². The lowest BCUT2D eigenvalue weighted by molar-refractivity contribution is 0.310. The molecule has 2 N–H and O–H groups in total. The minimum absolute atomic E-state index is 0.0346. The van der Waals surface area contributed by atoms with Gasteiger partial charge in [-0.2, -0.15) is 14.6 Å². The molecule has 3 rings (SSSR count). The van der Waals surface area contributed by atoms with Gasteiger partial charge in [0.1, 0.15) is 0 Å². The Morgan fingerprint density at radius 3 is 2.76 bits per heavy atom. The van der Waals surface area contributed by atoms with Crippen LogP contribution in [0, 0.1) is 0 Å². The summed E-state index contributed by atoms with van der Waals surface area (Å²) in [5, 5.41) is 17.2. The summed E-state index contributed by atoms with van der Waals surface area (Å²) in [5.41, 5.74) is 2.60. The standard InChI is InChI=1S/C14H15N5OS/c1-21-14-16-12-9-11(10-5-3-2-4-6-10)18-19(12)13(17-14)15-7-8-20/h2-6,9,20H,7-8H2,1H3,(H,15,16,17). The SMILES string of the molecule is CSc1nc(NCCO)n2nc(-c3ccccc3)cc2n1. The molecule has 1 aromatic carbocycles. The zero-order valence-electron chi connectivity index (χ0n) is 11.5. The fraction of sp³-hybridized carbons (Fsp3) is 0.214. The van der Waals surface area contributed by atoms with Crippen molar-refractivity contribution in [3.8, 4) is 11.3 Å². The number of aliphatic hydroxyl groups excluding tert-OH is 1. The molecule has 0 bridgehead atoms. The van der Waals surface area contributed by atoms with Crippen molar-refractivity contribution in [1.29, 1.82) is 0 Å². The number of rotatable bonds is 5. The van der Waals surface area contributed by atoms with Crippen molar-refractivity contribution in [1.82, 2.24) is 19.6 Å². The molecule has 21 heavy (non-hydrogen) atoms. The molecule has 0 fully saturated rings. The lowest BCUT2D eigenvalue weighted by atomic mass is 10.2. The van der Waals surface area contributed by atoms with Crippen LogP contribution in [0.5, 0.6) is 0 Å². The monoisotopic (exact) mass is 301 g/mol. The Labute approximate surface area is 126 Å². The number of fused-ring (bicyclic) bond motifs is 1. The molecule has 0 aliphatic carbocycles. The lowest BCUT2D eigenvalue weighted by Crippen LogP contribution is -2.12. The third-order valence-electron chi connectivity index (χ3n) is 2.95. The van der Waals surface area contributed by atoms with Gasteiger partial charge in [-0.1, -0.05) is 42.1 Å². The third-order valence-corrected chi connectivity index (χ3v) is 3.50. The van der Waals surface area contributed by atoms with Crippen molar-refractivity contribution in [2.24, 2.45) is 0 Å². The molecule has 0 unspecified atom stereocenters. The van der Waals surface area contributed by atoms with Crippen molar-refractivity contribution in [2.45, 2.75) is 5.16 Å². The molecule has 0 spiro atoms. The summed E-state index contributed by atoms with van der Waals surface area (Å²) in [6, 6.07) is 11.9. The number of benzene rings is 1. The van der Waals surface area contributed by atoms with Crippen LogP contribution >= 0.6 is 11.8 Å². The van der Waals surface area contributed by atoms with Gasteiger partial charge in [0.05, 0.1) is 12.3 Å². The molecule has 0 aliphatic heterocycles. The van der Waals surface area contributed by atoms with Gasteiger partial charge in [0.15, 0.2) is 10.8 Å². The van der Waals surface area contributed by atoms with Gasteiger partial charge in [-0.25, -0.2) is 4.98 Å². The van der Waals surface area contributed by atoms with Crippen molar-refractivity contribution in [2.75, 3.05) is 24.7 Å². The number of aromatic nitrogens is 4. The number of hydrogen-bond donors (Lipinski definition) is 2. The molecule has 6 nitrogen and oxygen atoms in total. The van der Waals surface area contributed by atoms with Crippen molar-refractivity contribution < 1.29 is 5.11 Å². The van der Waals surface area contributed by atoms with Crippen LogP contribution in [0.3, 0.4) is 0 Å². The smallest absolute Gasteiger partial charge is 0.228 e. The number of thioether (sulfide) groups is 1. The average Bonchev–Trinajstić information content (AvgIpc) is 2.97. The maximum absolute atomic E-state index is 8.97. The summed E-state index contributed by atoms with van der Waals surface area (Å²) in [6.45, 7) is 0.452. The summed E-state index contributed by atoms with van der Waals surface area (Å²) >= 11 is 1.47. The van der Waals surface area contributed by atoms with Crippen LogP contribution in [-0.4, -0.2) is 44.1 Å². The van der Waals surface area contributed by atoms with Crippen molar-refractivity contribution in [3.05, 3.63) is 36.4 Å². The highest BCUT2D eigenvalue weighted by Crippen LogP contribution is 2.22. The second kappa shape index (κ2) is 6.11. The van der Waals surface area contributed by atoms with E-state index < -0.39 is 0 Å². The molecule has 2 heterocycles. The maximum atomic E-state index is 8.97.